The third-order valence-electron chi connectivity index (χ3n) is 6.41. The van der Waals surface area contributed by atoms with E-state index in [0.717, 1.165) is 33.7 Å². The van der Waals surface area contributed by atoms with Gasteiger partial charge in [0.2, 0.25) is 0 Å². The van der Waals surface area contributed by atoms with Crippen LogP contribution in [-0.4, -0.2) is 43.2 Å². The molecule has 7 heteroatoms. The van der Waals surface area contributed by atoms with Crippen LogP contribution in [0.4, 0.5) is 5.69 Å². The zero-order valence-electron chi connectivity index (χ0n) is 21.3. The van der Waals surface area contributed by atoms with E-state index >= 15 is 0 Å². The van der Waals surface area contributed by atoms with E-state index in [-0.39, 0.29) is 24.9 Å². The van der Waals surface area contributed by atoms with Gasteiger partial charge in [0.25, 0.3) is 5.91 Å². The largest absolute Gasteiger partial charge is 0.491 e. The van der Waals surface area contributed by atoms with E-state index < -0.39 is 5.97 Å². The summed E-state index contributed by atoms with van der Waals surface area (Å²) in [6, 6.07) is 25.3. The van der Waals surface area contributed by atoms with Crippen molar-refractivity contribution in [2.75, 3.05) is 25.1 Å². The van der Waals surface area contributed by atoms with E-state index in [9.17, 15) is 9.59 Å². The number of ether oxygens (including phenoxy) is 1. The van der Waals surface area contributed by atoms with Crippen molar-refractivity contribution in [3.05, 3.63) is 84.4 Å². The highest BCUT2D eigenvalue weighted by Gasteiger charge is 2.21. The van der Waals surface area contributed by atoms with E-state index in [1.165, 1.54) is 0 Å². The lowest BCUT2D eigenvalue weighted by molar-refractivity contribution is -0.136. The van der Waals surface area contributed by atoms with Crippen LogP contribution in [0.3, 0.4) is 0 Å². The summed E-state index contributed by atoms with van der Waals surface area (Å²) >= 11 is 0. The minimum atomic E-state index is -0.943. The average Bonchev–Trinajstić information content (AvgIpc) is 3.33. The number of fused-ring (bicyclic) bond motifs is 1. The molecule has 7 nitrogen and oxygen atoms in total. The van der Waals surface area contributed by atoms with Gasteiger partial charge < -0.3 is 24.5 Å². The number of nitrogens with zero attached hydrogens (tertiary/aromatic N) is 1. The maximum atomic E-state index is 12.2. The highest BCUT2D eigenvalue weighted by Crippen LogP contribution is 2.29. The number of benzene rings is 3. The minimum Gasteiger partial charge on any atom is -0.491 e. The molecule has 1 amide bonds. The number of carbonyl (C=O) groups excluding carboxylic acids is 1. The Bertz CT molecular complexity index is 1310. The zero-order valence-corrected chi connectivity index (χ0v) is 21.3. The lowest BCUT2D eigenvalue weighted by Gasteiger charge is -2.33. The Hall–Kier alpha value is -4.26. The number of para-hydroxylation sites is 1. The number of carboxylic acids is 1. The molecule has 0 fully saturated rings. The van der Waals surface area contributed by atoms with Crippen molar-refractivity contribution in [3.8, 4) is 17.1 Å². The van der Waals surface area contributed by atoms with Crippen molar-refractivity contribution in [2.24, 2.45) is 5.92 Å². The molecule has 0 spiro atoms. The first-order valence-corrected chi connectivity index (χ1v) is 12.4. The number of hydrogen-bond donors (Lipinski definition) is 2. The number of furan rings is 1. The van der Waals surface area contributed by atoms with Gasteiger partial charge in [-0.1, -0.05) is 32.0 Å². The van der Waals surface area contributed by atoms with Crippen molar-refractivity contribution >= 4 is 28.5 Å². The zero-order chi connectivity index (χ0) is 26.4. The number of anilines is 1. The monoisotopic (exact) mass is 500 g/mol. The molecule has 0 aliphatic carbocycles. The summed E-state index contributed by atoms with van der Waals surface area (Å²) in [5.74, 6) is 0.698. The van der Waals surface area contributed by atoms with Gasteiger partial charge in [-0.15, -0.1) is 0 Å². The summed E-state index contributed by atoms with van der Waals surface area (Å²) in [6.07, 6.45) is -0.106. The molecule has 1 atom stereocenters. The van der Waals surface area contributed by atoms with E-state index in [1.807, 2.05) is 73.8 Å². The average molecular weight is 501 g/mol. The summed E-state index contributed by atoms with van der Waals surface area (Å²) in [5, 5.41) is 12.4. The second kappa shape index (κ2) is 11.6. The number of carbonyl (C=O) groups is 2. The van der Waals surface area contributed by atoms with Gasteiger partial charge in [-0.25, -0.2) is 0 Å². The third-order valence-corrected chi connectivity index (χ3v) is 6.41. The standard InChI is InChI=1S/C30H32N2O5/c1-20(2)26(32(3)24-12-8-22(9-13-24)30(35)31-17-16-29(33)34)19-36-25-14-10-21(11-15-25)28-18-23-6-4-5-7-27(23)37-28/h4-15,18,20,26H,16-17,19H2,1-3H3,(H,31,35)(H,33,34)/t26-/m1/s1. The van der Waals surface area contributed by atoms with Crippen LogP contribution in [0.2, 0.25) is 0 Å². The lowest BCUT2D eigenvalue weighted by atomic mass is 10.0. The van der Waals surface area contributed by atoms with Crippen LogP contribution in [0.25, 0.3) is 22.3 Å². The molecule has 3 aromatic carbocycles. The van der Waals surface area contributed by atoms with Gasteiger partial charge in [0, 0.05) is 35.8 Å². The molecule has 4 aromatic rings. The Morgan fingerprint density at radius 3 is 2.35 bits per heavy atom. The molecular formula is C30H32N2O5. The molecule has 4 rings (SSSR count). The van der Waals surface area contributed by atoms with Crippen LogP contribution >= 0.6 is 0 Å². The molecule has 0 saturated heterocycles. The predicted molar refractivity (Wildman–Crippen MR) is 145 cm³/mol. The van der Waals surface area contributed by atoms with Crippen molar-refractivity contribution in [1.82, 2.24) is 5.32 Å². The Labute approximate surface area is 216 Å². The first-order chi connectivity index (χ1) is 17.8. The van der Waals surface area contributed by atoms with Gasteiger partial charge >= 0.3 is 5.97 Å². The third kappa shape index (κ3) is 6.50. The summed E-state index contributed by atoms with van der Waals surface area (Å²) in [5.41, 5.74) is 3.31. The van der Waals surface area contributed by atoms with Crippen LogP contribution in [0, 0.1) is 5.92 Å². The molecule has 37 heavy (non-hydrogen) atoms. The van der Waals surface area contributed by atoms with Gasteiger partial charge in [-0.3, -0.25) is 9.59 Å². The smallest absolute Gasteiger partial charge is 0.305 e. The molecule has 2 N–H and O–H groups in total. The molecule has 1 heterocycles. The molecule has 0 bridgehead atoms. The van der Waals surface area contributed by atoms with Crippen LogP contribution < -0.4 is 15.0 Å². The van der Waals surface area contributed by atoms with Crippen molar-refractivity contribution in [3.63, 3.8) is 0 Å². The Balaban J connectivity index is 1.37. The van der Waals surface area contributed by atoms with Crippen LogP contribution in [0.15, 0.2) is 83.3 Å². The molecule has 192 valence electrons. The number of carboxylic acid groups (broad SMARTS) is 1. The predicted octanol–water partition coefficient (Wildman–Crippen LogP) is 5.84. The second-order valence-electron chi connectivity index (χ2n) is 9.35. The number of aliphatic carboxylic acids is 1. The number of amides is 1. The van der Waals surface area contributed by atoms with Gasteiger partial charge in [0.1, 0.15) is 23.7 Å². The summed E-state index contributed by atoms with van der Waals surface area (Å²) in [4.78, 5) is 25.0. The molecular weight excluding hydrogens is 468 g/mol. The van der Waals surface area contributed by atoms with E-state index in [1.54, 1.807) is 12.1 Å². The second-order valence-corrected chi connectivity index (χ2v) is 9.35. The van der Waals surface area contributed by atoms with Crippen LogP contribution in [-0.2, 0) is 4.79 Å². The van der Waals surface area contributed by atoms with Gasteiger partial charge in [0.15, 0.2) is 0 Å². The Morgan fingerprint density at radius 1 is 1.00 bits per heavy atom. The summed E-state index contributed by atoms with van der Waals surface area (Å²) in [7, 11) is 2.01. The summed E-state index contributed by atoms with van der Waals surface area (Å²) in [6.45, 7) is 4.90. The number of rotatable bonds is 11. The van der Waals surface area contributed by atoms with E-state index in [4.69, 9.17) is 14.3 Å². The van der Waals surface area contributed by atoms with Gasteiger partial charge in [-0.2, -0.15) is 0 Å². The molecule has 0 aliphatic rings. The SMILES string of the molecule is CC(C)[C@@H](COc1ccc(-c2cc3ccccc3o2)cc1)N(C)c1ccc(C(=O)NCCC(=O)O)cc1. The lowest BCUT2D eigenvalue weighted by Crippen LogP contribution is -2.40. The Morgan fingerprint density at radius 2 is 1.70 bits per heavy atom. The fraction of sp³-hybridized carbons (Fsp3) is 0.267. The first-order valence-electron chi connectivity index (χ1n) is 12.4. The number of hydrogen-bond acceptors (Lipinski definition) is 5. The van der Waals surface area contributed by atoms with Crippen molar-refractivity contribution < 1.29 is 23.8 Å². The fourth-order valence-electron chi connectivity index (χ4n) is 4.20. The topological polar surface area (TPSA) is 92.0 Å². The molecule has 1 aromatic heterocycles. The van der Waals surface area contributed by atoms with E-state index in [2.05, 4.69) is 24.1 Å². The molecule has 0 unspecified atom stereocenters. The van der Waals surface area contributed by atoms with Crippen LogP contribution in [0.1, 0.15) is 30.6 Å². The highest BCUT2D eigenvalue weighted by atomic mass is 16.5. The minimum absolute atomic E-state index is 0.0990. The maximum Gasteiger partial charge on any atom is 0.305 e. The van der Waals surface area contributed by atoms with Crippen molar-refractivity contribution in [1.29, 1.82) is 0 Å². The number of likely N-dealkylation sites (N-methyl/N-ethyl adjacent to an activating group) is 1. The molecule has 0 saturated carbocycles. The quantitative estimate of drug-likeness (QED) is 0.269. The van der Waals surface area contributed by atoms with E-state index in [0.29, 0.717) is 18.1 Å². The highest BCUT2D eigenvalue weighted by molar-refractivity contribution is 5.94. The van der Waals surface area contributed by atoms with Gasteiger partial charge in [0.05, 0.1) is 12.5 Å². The molecule has 0 radical (unpaired) electrons. The first kappa shape index (κ1) is 25.8. The van der Waals surface area contributed by atoms with Crippen LogP contribution in [0.5, 0.6) is 5.75 Å². The fourth-order valence-corrected chi connectivity index (χ4v) is 4.20. The summed E-state index contributed by atoms with van der Waals surface area (Å²) < 4.78 is 12.1. The Kier molecular flexibility index (Phi) is 8.13. The molecule has 0 aliphatic heterocycles. The van der Waals surface area contributed by atoms with Crippen molar-refractivity contribution in [2.45, 2.75) is 26.3 Å². The number of nitrogens with one attached hydrogen (secondary N) is 1. The normalized spacial score (nSPS) is 11.9. The maximum absolute atomic E-state index is 12.2. The van der Waals surface area contributed by atoms with Gasteiger partial charge in [-0.05, 0) is 66.6 Å².